The van der Waals surface area contributed by atoms with Crippen molar-refractivity contribution in [3.8, 4) is 6.07 Å². The molecule has 0 bridgehead atoms. The van der Waals surface area contributed by atoms with Gasteiger partial charge in [0.05, 0.1) is 12.0 Å². The third-order valence-corrected chi connectivity index (χ3v) is 2.87. The first-order valence-electron chi connectivity index (χ1n) is 5.79. The lowest BCUT2D eigenvalue weighted by atomic mass is 10.0. The second-order valence-electron chi connectivity index (χ2n) is 4.06. The molecule has 0 amide bonds. The summed E-state index contributed by atoms with van der Waals surface area (Å²) in [6.07, 6.45) is 2.49. The van der Waals surface area contributed by atoms with Crippen LogP contribution >= 0.6 is 0 Å². The molecule has 0 radical (unpaired) electrons. The van der Waals surface area contributed by atoms with Crippen LogP contribution in [0, 0.1) is 23.2 Å². The first kappa shape index (κ1) is 13.4. The maximum Gasteiger partial charge on any atom is 0.0666 e. The van der Waals surface area contributed by atoms with Crippen molar-refractivity contribution in [2.24, 2.45) is 11.8 Å². The average Bonchev–Trinajstić information content (AvgIpc) is 2.23. The summed E-state index contributed by atoms with van der Waals surface area (Å²) in [6.45, 7) is 11.8. The van der Waals surface area contributed by atoms with Crippen LogP contribution < -0.4 is 0 Å². The van der Waals surface area contributed by atoms with Gasteiger partial charge in [0, 0.05) is 13.1 Å². The summed E-state index contributed by atoms with van der Waals surface area (Å²) in [4.78, 5) is 2.39. The van der Waals surface area contributed by atoms with Crippen molar-refractivity contribution < 1.29 is 0 Å². The highest BCUT2D eigenvalue weighted by molar-refractivity contribution is 4.81. The zero-order valence-electron chi connectivity index (χ0n) is 10.1. The van der Waals surface area contributed by atoms with Crippen LogP contribution in [0.3, 0.4) is 0 Å². The molecule has 0 rings (SSSR count). The lowest BCUT2D eigenvalue weighted by molar-refractivity contribution is 0.220. The zero-order valence-corrected chi connectivity index (χ0v) is 10.1. The highest BCUT2D eigenvalue weighted by Crippen LogP contribution is 2.10. The second-order valence-corrected chi connectivity index (χ2v) is 4.06. The Balaban J connectivity index is 3.95. The van der Waals surface area contributed by atoms with Gasteiger partial charge < -0.3 is 4.90 Å². The molecule has 0 aliphatic carbocycles. The molecule has 14 heavy (non-hydrogen) atoms. The number of rotatable bonds is 7. The Morgan fingerprint density at radius 3 is 2.07 bits per heavy atom. The van der Waals surface area contributed by atoms with E-state index in [2.05, 4.69) is 31.7 Å². The molecule has 0 aromatic rings. The van der Waals surface area contributed by atoms with Gasteiger partial charge in [-0.25, -0.2) is 0 Å². The molecule has 0 aromatic carbocycles. The fourth-order valence-electron chi connectivity index (χ4n) is 1.67. The minimum atomic E-state index is 0.157. The van der Waals surface area contributed by atoms with Gasteiger partial charge in [0.15, 0.2) is 0 Å². The lowest BCUT2D eigenvalue weighted by Crippen LogP contribution is -2.32. The Hall–Kier alpha value is -0.550. The van der Waals surface area contributed by atoms with Crippen LogP contribution in [-0.4, -0.2) is 24.5 Å². The van der Waals surface area contributed by atoms with E-state index in [1.807, 2.05) is 6.92 Å². The molecular formula is C12H24N2. The Bertz CT molecular complexity index is 168. The Labute approximate surface area is 88.9 Å². The minimum Gasteiger partial charge on any atom is -0.302 e. The summed E-state index contributed by atoms with van der Waals surface area (Å²) in [5, 5.41) is 8.75. The van der Waals surface area contributed by atoms with Crippen LogP contribution in [0.1, 0.15) is 40.5 Å². The van der Waals surface area contributed by atoms with Crippen LogP contribution in [0.4, 0.5) is 0 Å². The lowest BCUT2D eigenvalue weighted by Gasteiger charge is -2.25. The summed E-state index contributed by atoms with van der Waals surface area (Å²) in [6, 6.07) is 2.30. The fourth-order valence-corrected chi connectivity index (χ4v) is 1.67. The molecule has 0 spiro atoms. The van der Waals surface area contributed by atoms with Crippen LogP contribution in [0.5, 0.6) is 0 Å². The van der Waals surface area contributed by atoms with Crippen molar-refractivity contribution in [2.75, 3.05) is 19.6 Å². The molecule has 0 heterocycles. The second kappa shape index (κ2) is 7.82. The first-order valence-corrected chi connectivity index (χ1v) is 5.79. The molecule has 1 atom stereocenters. The van der Waals surface area contributed by atoms with Crippen molar-refractivity contribution in [1.82, 2.24) is 4.90 Å². The first-order chi connectivity index (χ1) is 6.67. The van der Waals surface area contributed by atoms with Gasteiger partial charge in [-0.1, -0.05) is 33.6 Å². The van der Waals surface area contributed by atoms with Gasteiger partial charge in [0.1, 0.15) is 0 Å². The topological polar surface area (TPSA) is 27.0 Å². The van der Waals surface area contributed by atoms with Crippen molar-refractivity contribution in [3.63, 3.8) is 0 Å². The molecule has 0 saturated heterocycles. The van der Waals surface area contributed by atoms with E-state index in [4.69, 9.17) is 5.26 Å². The minimum absolute atomic E-state index is 0.157. The SMILES string of the molecule is CCC(CC)CN(CC)CC(C)C#N. The third kappa shape index (κ3) is 5.24. The molecule has 2 heteroatoms. The Kier molecular flexibility index (Phi) is 7.51. The van der Waals surface area contributed by atoms with Crippen LogP contribution in [0.15, 0.2) is 0 Å². The monoisotopic (exact) mass is 196 g/mol. The molecule has 0 saturated carbocycles. The highest BCUT2D eigenvalue weighted by atomic mass is 15.1. The maximum absolute atomic E-state index is 8.75. The summed E-state index contributed by atoms with van der Waals surface area (Å²) >= 11 is 0. The smallest absolute Gasteiger partial charge is 0.0666 e. The largest absolute Gasteiger partial charge is 0.302 e. The Morgan fingerprint density at radius 2 is 1.71 bits per heavy atom. The summed E-state index contributed by atoms with van der Waals surface area (Å²) in [5.41, 5.74) is 0. The molecule has 2 nitrogen and oxygen atoms in total. The van der Waals surface area contributed by atoms with Gasteiger partial charge in [0.25, 0.3) is 0 Å². The van der Waals surface area contributed by atoms with Gasteiger partial charge in [-0.2, -0.15) is 5.26 Å². The fraction of sp³-hybridized carbons (Fsp3) is 0.917. The quantitative estimate of drug-likeness (QED) is 0.626. The number of hydrogen-bond donors (Lipinski definition) is 0. The molecule has 0 aliphatic rings. The van der Waals surface area contributed by atoms with E-state index < -0.39 is 0 Å². The molecular weight excluding hydrogens is 172 g/mol. The molecule has 1 unspecified atom stereocenters. The molecule has 0 fully saturated rings. The van der Waals surface area contributed by atoms with Crippen molar-refractivity contribution in [3.05, 3.63) is 0 Å². The predicted octanol–water partition coefficient (Wildman–Crippen LogP) is 2.90. The van der Waals surface area contributed by atoms with E-state index in [9.17, 15) is 0 Å². The number of nitriles is 1. The Morgan fingerprint density at radius 1 is 1.14 bits per heavy atom. The highest BCUT2D eigenvalue weighted by Gasteiger charge is 2.12. The molecule has 0 aliphatic heterocycles. The number of nitrogens with zero attached hydrogens (tertiary/aromatic N) is 2. The van der Waals surface area contributed by atoms with Gasteiger partial charge >= 0.3 is 0 Å². The maximum atomic E-state index is 8.75. The average molecular weight is 196 g/mol. The molecule has 82 valence electrons. The van der Waals surface area contributed by atoms with Gasteiger partial charge in [-0.3, -0.25) is 0 Å². The van der Waals surface area contributed by atoms with E-state index in [0.717, 1.165) is 25.6 Å². The third-order valence-electron chi connectivity index (χ3n) is 2.87. The predicted molar refractivity (Wildman–Crippen MR) is 61.0 cm³/mol. The summed E-state index contributed by atoms with van der Waals surface area (Å²) in [7, 11) is 0. The number of hydrogen-bond acceptors (Lipinski definition) is 2. The van der Waals surface area contributed by atoms with Crippen LogP contribution in [-0.2, 0) is 0 Å². The summed E-state index contributed by atoms with van der Waals surface area (Å²) in [5.74, 6) is 0.949. The molecule has 0 N–H and O–H groups in total. The molecule has 0 aromatic heterocycles. The van der Waals surface area contributed by atoms with Gasteiger partial charge in [-0.15, -0.1) is 0 Å². The zero-order chi connectivity index (χ0) is 11.0. The van der Waals surface area contributed by atoms with Crippen molar-refractivity contribution >= 4 is 0 Å². The van der Waals surface area contributed by atoms with Gasteiger partial charge in [-0.05, 0) is 19.4 Å². The van der Waals surface area contributed by atoms with E-state index in [-0.39, 0.29) is 5.92 Å². The standard InChI is InChI=1S/C12H24N2/c1-5-12(6-2)10-14(7-3)9-11(4)8-13/h11-12H,5-7,9-10H2,1-4H3. The summed E-state index contributed by atoms with van der Waals surface area (Å²) < 4.78 is 0. The normalized spacial score (nSPS) is 13.2. The van der Waals surface area contributed by atoms with Crippen LogP contribution in [0.2, 0.25) is 0 Å². The van der Waals surface area contributed by atoms with E-state index >= 15 is 0 Å². The van der Waals surface area contributed by atoms with Crippen LogP contribution in [0.25, 0.3) is 0 Å². The van der Waals surface area contributed by atoms with E-state index in [1.165, 1.54) is 12.8 Å². The van der Waals surface area contributed by atoms with Crippen molar-refractivity contribution in [2.45, 2.75) is 40.5 Å². The van der Waals surface area contributed by atoms with E-state index in [1.54, 1.807) is 0 Å². The van der Waals surface area contributed by atoms with E-state index in [0.29, 0.717) is 0 Å². The van der Waals surface area contributed by atoms with Gasteiger partial charge in [0.2, 0.25) is 0 Å². The van der Waals surface area contributed by atoms with Crippen molar-refractivity contribution in [1.29, 1.82) is 5.26 Å².